The second kappa shape index (κ2) is 58.0. The maximum absolute atomic E-state index is 6.75. The predicted molar refractivity (Wildman–Crippen MR) is 376 cm³/mol. The zero-order chi connectivity index (χ0) is 68.8. The second-order valence-corrected chi connectivity index (χ2v) is 21.9. The van der Waals surface area contributed by atoms with Gasteiger partial charge in [-0.15, -0.1) is 0 Å². The molecular weight excluding hydrogens is 1270 g/mol. The van der Waals surface area contributed by atoms with Crippen molar-refractivity contribution < 1.29 is 99.5 Å². The highest BCUT2D eigenvalue weighted by molar-refractivity contribution is 5.49. The first-order valence-electron chi connectivity index (χ1n) is 34.9. The first-order chi connectivity index (χ1) is 49.3. The third-order valence-corrected chi connectivity index (χ3v) is 14.9. The van der Waals surface area contributed by atoms with Gasteiger partial charge in [-0.05, 0) is 33.4 Å². The Morgan fingerprint density at radius 1 is 0.121 bits per heavy atom. The zero-order valence-electron chi connectivity index (χ0n) is 58.2. The summed E-state index contributed by atoms with van der Waals surface area (Å²) in [5.74, 6) is 0. The van der Waals surface area contributed by atoms with Gasteiger partial charge in [-0.2, -0.15) is 0 Å². The van der Waals surface area contributed by atoms with Crippen molar-refractivity contribution in [3.05, 3.63) is 215 Å². The average molecular weight is 1380 g/mol. The molecule has 0 aliphatic carbocycles. The van der Waals surface area contributed by atoms with Crippen LogP contribution in [0.25, 0.3) is 0 Å². The molecule has 0 amide bonds. The summed E-state index contributed by atoms with van der Waals surface area (Å²) in [6.45, 7) is 18.9. The van der Waals surface area contributed by atoms with Gasteiger partial charge in [0, 0.05) is 0 Å². The van der Waals surface area contributed by atoms with Gasteiger partial charge in [0.25, 0.3) is 0 Å². The molecule has 0 aliphatic rings. The molecule has 6 aromatic carbocycles. The fraction of sp³-hybridized carbons (Fsp3) is 0.538. The quantitative estimate of drug-likeness (QED) is 0.0259. The number of rotatable bonds is 68. The fourth-order valence-corrected chi connectivity index (χ4v) is 10.1. The number of ether oxygens (including phenoxy) is 21. The molecule has 0 bridgehead atoms. The average Bonchev–Trinajstić information content (AvgIpc) is 0.772. The third kappa shape index (κ3) is 36.3. The summed E-state index contributed by atoms with van der Waals surface area (Å²) in [6, 6.07) is 61.9. The van der Waals surface area contributed by atoms with Crippen LogP contribution < -0.4 is 0 Å². The van der Waals surface area contributed by atoms with Crippen LogP contribution in [-0.2, 0) is 111 Å². The molecule has 6 aromatic rings. The van der Waals surface area contributed by atoms with Gasteiger partial charge in [0.15, 0.2) is 0 Å². The van der Waals surface area contributed by atoms with Crippen LogP contribution in [0, 0.1) is 0 Å². The topological polar surface area (TPSA) is 194 Å². The first kappa shape index (κ1) is 82.4. The minimum Gasteiger partial charge on any atom is -0.377 e. The van der Waals surface area contributed by atoms with E-state index in [0.29, 0.717) is 264 Å². The lowest BCUT2D eigenvalue weighted by molar-refractivity contribution is -0.0400. The molecule has 0 heterocycles. The van der Waals surface area contributed by atoms with Crippen molar-refractivity contribution in [1.29, 1.82) is 0 Å². The molecule has 99 heavy (non-hydrogen) atoms. The summed E-state index contributed by atoms with van der Waals surface area (Å²) >= 11 is 0. The molecule has 0 atom stereocenters. The zero-order valence-corrected chi connectivity index (χ0v) is 58.2. The summed E-state index contributed by atoms with van der Waals surface area (Å²) in [5, 5.41) is 0. The molecule has 0 aromatic heterocycles. The molecule has 0 saturated heterocycles. The molecule has 21 heteroatoms. The SMILES string of the molecule is c1ccc(C(OCCOCCOCCOCCOCCOCCOCCOCCOCCOCCOCCOCCOCCOCCOCCOCCOCCOCCOCCOCCOC(c2ccccc2)(c2ccccc2)c2ccccc2)(c2ccccc2)c2ccccc2)cc1. The Kier molecular flexibility index (Phi) is 48.3. The maximum Gasteiger partial charge on any atom is 0.143 e. The Morgan fingerprint density at radius 2 is 0.212 bits per heavy atom. The van der Waals surface area contributed by atoms with E-state index in [-0.39, 0.29) is 0 Å². The summed E-state index contributed by atoms with van der Waals surface area (Å²) in [7, 11) is 0. The molecule has 0 radical (unpaired) electrons. The summed E-state index contributed by atoms with van der Waals surface area (Å²) in [4.78, 5) is 0. The molecule has 0 fully saturated rings. The number of hydrogen-bond donors (Lipinski definition) is 0. The lowest BCUT2D eigenvalue weighted by atomic mass is 9.80. The Hall–Kier alpha value is -5.52. The molecule has 0 spiro atoms. The number of benzene rings is 6. The number of hydrogen-bond acceptors (Lipinski definition) is 21. The predicted octanol–water partition coefficient (Wildman–Crippen LogP) is 9.32. The Balaban J connectivity index is 0.562. The standard InChI is InChI=1S/C78H110O21/c1-7-19-71(20-8-1)77(72-21-9-2-10-22-72,73-23-11-3-12-24-73)98-69-67-96-65-63-94-61-59-92-57-55-90-53-51-88-49-47-86-45-43-84-41-39-82-37-35-80-33-31-79-32-34-81-36-38-83-40-42-85-44-46-87-48-50-89-52-54-91-56-58-93-60-62-95-64-66-97-68-70-99-78(74-25-13-4-14-26-74,75-27-15-5-16-28-75)76-29-17-6-18-30-76/h1-30H,31-70H2. The van der Waals surface area contributed by atoms with Gasteiger partial charge in [-0.25, -0.2) is 0 Å². The van der Waals surface area contributed by atoms with Crippen molar-refractivity contribution in [3.8, 4) is 0 Å². The minimum absolute atomic E-state index is 0.406. The van der Waals surface area contributed by atoms with Gasteiger partial charge in [0.1, 0.15) is 11.2 Å². The Bertz CT molecular complexity index is 2320. The molecule has 6 rings (SSSR count). The van der Waals surface area contributed by atoms with Crippen LogP contribution >= 0.6 is 0 Å². The van der Waals surface area contributed by atoms with Crippen molar-refractivity contribution in [1.82, 2.24) is 0 Å². The Morgan fingerprint density at radius 3 is 0.313 bits per heavy atom. The van der Waals surface area contributed by atoms with Gasteiger partial charge in [-0.1, -0.05) is 182 Å². The van der Waals surface area contributed by atoms with Crippen LogP contribution in [-0.4, -0.2) is 264 Å². The highest BCUT2D eigenvalue weighted by atomic mass is 16.6. The smallest absolute Gasteiger partial charge is 0.143 e. The Labute approximate surface area is 587 Å². The van der Waals surface area contributed by atoms with Gasteiger partial charge in [0.2, 0.25) is 0 Å². The third-order valence-electron chi connectivity index (χ3n) is 14.9. The molecular formula is C78H110O21. The van der Waals surface area contributed by atoms with Crippen LogP contribution in [0.3, 0.4) is 0 Å². The van der Waals surface area contributed by atoms with Crippen LogP contribution in [0.2, 0.25) is 0 Å². The van der Waals surface area contributed by atoms with Crippen LogP contribution in [0.5, 0.6) is 0 Å². The molecule has 0 unspecified atom stereocenters. The lowest BCUT2D eigenvalue weighted by Gasteiger charge is -2.36. The van der Waals surface area contributed by atoms with Crippen LogP contribution in [0.4, 0.5) is 0 Å². The van der Waals surface area contributed by atoms with Gasteiger partial charge in [-0.3, -0.25) is 0 Å². The van der Waals surface area contributed by atoms with E-state index in [1.54, 1.807) is 0 Å². The lowest BCUT2D eigenvalue weighted by Crippen LogP contribution is -2.34. The summed E-state index contributed by atoms with van der Waals surface area (Å²) in [6.07, 6.45) is 0. The van der Waals surface area contributed by atoms with E-state index in [1.165, 1.54) is 0 Å². The molecule has 21 nitrogen and oxygen atoms in total. The molecule has 0 aliphatic heterocycles. The first-order valence-corrected chi connectivity index (χ1v) is 34.9. The molecule has 0 saturated carbocycles. The molecule has 0 N–H and O–H groups in total. The van der Waals surface area contributed by atoms with Crippen LogP contribution in [0.15, 0.2) is 182 Å². The van der Waals surface area contributed by atoms with Crippen molar-refractivity contribution in [3.63, 3.8) is 0 Å². The maximum atomic E-state index is 6.75. The van der Waals surface area contributed by atoms with E-state index < -0.39 is 11.2 Å². The van der Waals surface area contributed by atoms with E-state index in [2.05, 4.69) is 72.8 Å². The van der Waals surface area contributed by atoms with Gasteiger partial charge in [0.05, 0.1) is 264 Å². The van der Waals surface area contributed by atoms with Gasteiger partial charge >= 0.3 is 0 Å². The summed E-state index contributed by atoms with van der Waals surface area (Å²) in [5.41, 5.74) is 4.84. The van der Waals surface area contributed by atoms with E-state index in [1.807, 2.05) is 109 Å². The van der Waals surface area contributed by atoms with Crippen molar-refractivity contribution in [2.24, 2.45) is 0 Å². The highest BCUT2D eigenvalue weighted by Crippen LogP contribution is 2.41. The second-order valence-electron chi connectivity index (χ2n) is 21.9. The highest BCUT2D eigenvalue weighted by Gasteiger charge is 2.38. The van der Waals surface area contributed by atoms with E-state index in [0.717, 1.165) is 33.4 Å². The van der Waals surface area contributed by atoms with E-state index >= 15 is 0 Å². The van der Waals surface area contributed by atoms with E-state index in [9.17, 15) is 0 Å². The fourth-order valence-electron chi connectivity index (χ4n) is 10.1. The summed E-state index contributed by atoms with van der Waals surface area (Å²) < 4.78 is 120. The van der Waals surface area contributed by atoms with Gasteiger partial charge < -0.3 is 99.5 Å². The van der Waals surface area contributed by atoms with Crippen LogP contribution in [0.1, 0.15) is 33.4 Å². The van der Waals surface area contributed by atoms with Crippen molar-refractivity contribution in [2.45, 2.75) is 11.2 Å². The van der Waals surface area contributed by atoms with Crippen molar-refractivity contribution >= 4 is 0 Å². The minimum atomic E-state index is -0.764. The van der Waals surface area contributed by atoms with Crippen molar-refractivity contribution in [2.75, 3.05) is 264 Å². The normalized spacial score (nSPS) is 11.9. The van der Waals surface area contributed by atoms with E-state index in [4.69, 9.17) is 99.5 Å². The largest absolute Gasteiger partial charge is 0.377 e. The molecule has 548 valence electrons. The monoisotopic (exact) mass is 1380 g/mol.